The van der Waals surface area contributed by atoms with Crippen LogP contribution in [0.15, 0.2) is 57.7 Å². The Bertz CT molecular complexity index is 1120. The molecular weight excluding hydrogens is 402 g/mol. The van der Waals surface area contributed by atoms with Crippen LogP contribution in [-0.4, -0.2) is 54.3 Å². The quantitative estimate of drug-likeness (QED) is 0.266. The second-order valence-electron chi connectivity index (χ2n) is 7.41. The number of hydrogen-bond donors (Lipinski definition) is 1. The van der Waals surface area contributed by atoms with Gasteiger partial charge in [0.1, 0.15) is 17.1 Å². The van der Waals surface area contributed by atoms with Crippen LogP contribution >= 0.6 is 0 Å². The van der Waals surface area contributed by atoms with Crippen LogP contribution in [-0.2, 0) is 0 Å². The molecule has 1 aromatic heterocycles. The van der Waals surface area contributed by atoms with Crippen LogP contribution in [0.4, 0.5) is 11.4 Å². The Kier molecular flexibility index (Phi) is 6.03. The molecule has 0 radical (unpaired) electrons. The van der Waals surface area contributed by atoms with E-state index >= 15 is 0 Å². The third kappa shape index (κ3) is 4.95. The summed E-state index contributed by atoms with van der Waals surface area (Å²) in [5.41, 5.74) is 0.841. The predicted octanol–water partition coefficient (Wildman–Crippen LogP) is 3.00. The number of hydrogen-bond acceptors (Lipinski definition) is 8. The highest BCUT2D eigenvalue weighted by Crippen LogP contribution is 2.27. The zero-order valence-corrected chi connectivity index (χ0v) is 16.9. The van der Waals surface area contributed by atoms with Crippen molar-refractivity contribution in [2.45, 2.75) is 6.42 Å². The molecule has 0 unspecified atom stereocenters. The average molecular weight is 425 g/mol. The monoisotopic (exact) mass is 425 g/mol. The molecule has 0 bridgehead atoms. The molecule has 0 amide bonds. The first-order chi connectivity index (χ1) is 15.0. The fourth-order valence-corrected chi connectivity index (χ4v) is 3.71. The molecule has 1 aliphatic heterocycles. The van der Waals surface area contributed by atoms with Gasteiger partial charge < -0.3 is 19.2 Å². The van der Waals surface area contributed by atoms with Gasteiger partial charge >= 0.3 is 5.63 Å². The summed E-state index contributed by atoms with van der Waals surface area (Å²) in [5.74, 6) is 0.488. The number of nitro benzene ring substituents is 1. The lowest BCUT2D eigenvalue weighted by molar-refractivity contribution is -0.384. The van der Waals surface area contributed by atoms with Gasteiger partial charge in [-0.25, -0.2) is 4.79 Å². The second kappa shape index (κ2) is 9.05. The number of nitrogens with zero attached hydrogens (tertiary/aromatic N) is 3. The minimum absolute atomic E-state index is 0.105. The average Bonchev–Trinajstić information content (AvgIpc) is 2.77. The summed E-state index contributed by atoms with van der Waals surface area (Å²) >= 11 is 0. The lowest BCUT2D eigenvalue weighted by atomic mass is 10.2. The molecule has 0 aliphatic carbocycles. The Morgan fingerprint density at radius 3 is 2.52 bits per heavy atom. The van der Waals surface area contributed by atoms with Gasteiger partial charge in [0.05, 0.1) is 23.0 Å². The van der Waals surface area contributed by atoms with Crippen molar-refractivity contribution in [2.24, 2.45) is 0 Å². The van der Waals surface area contributed by atoms with E-state index in [-0.39, 0.29) is 16.4 Å². The summed E-state index contributed by atoms with van der Waals surface area (Å²) in [5, 5.41) is 21.1. The maximum atomic E-state index is 11.3. The summed E-state index contributed by atoms with van der Waals surface area (Å²) in [7, 11) is 0. The summed E-state index contributed by atoms with van der Waals surface area (Å²) in [6.07, 6.45) is 0.853. The summed E-state index contributed by atoms with van der Waals surface area (Å²) in [4.78, 5) is 26.3. The standard InChI is InChI=1S/C22H23N3O6/c26-20-15-22(27)31-21-7-6-18(14-19(20)21)30-13-1-8-23-9-11-24(12-10-23)16-2-4-17(5-3-16)25(28)29/h2-7,14-15,26H,1,8-13H2. The number of ether oxygens (including phenoxy) is 1. The van der Waals surface area contributed by atoms with E-state index in [1.807, 2.05) is 0 Å². The number of benzene rings is 2. The van der Waals surface area contributed by atoms with Crippen LogP contribution < -0.4 is 15.3 Å². The van der Waals surface area contributed by atoms with Crippen LogP contribution in [0, 0.1) is 10.1 Å². The topological polar surface area (TPSA) is 109 Å². The molecule has 9 heteroatoms. The van der Waals surface area contributed by atoms with Crippen molar-refractivity contribution in [3.05, 3.63) is 69.1 Å². The molecule has 2 heterocycles. The van der Waals surface area contributed by atoms with Gasteiger partial charge in [-0.05, 0) is 36.8 Å². The zero-order chi connectivity index (χ0) is 21.8. The van der Waals surface area contributed by atoms with Gasteiger partial charge in [-0.15, -0.1) is 0 Å². The molecule has 1 saturated heterocycles. The molecule has 2 aromatic carbocycles. The van der Waals surface area contributed by atoms with E-state index in [1.54, 1.807) is 42.5 Å². The first-order valence-electron chi connectivity index (χ1n) is 10.1. The van der Waals surface area contributed by atoms with Gasteiger partial charge in [0.25, 0.3) is 5.69 Å². The lowest BCUT2D eigenvalue weighted by Crippen LogP contribution is -2.46. The van der Waals surface area contributed by atoms with Crippen molar-refractivity contribution in [2.75, 3.05) is 44.2 Å². The lowest BCUT2D eigenvalue weighted by Gasteiger charge is -2.36. The maximum absolute atomic E-state index is 11.3. The molecule has 1 fully saturated rings. The SMILES string of the molecule is O=c1cc(O)c2cc(OCCCN3CCN(c4ccc([N+](=O)[O-])cc4)CC3)ccc2o1. The van der Waals surface area contributed by atoms with Crippen LogP contribution in [0.5, 0.6) is 11.5 Å². The molecule has 162 valence electrons. The fourth-order valence-electron chi connectivity index (χ4n) is 3.71. The Morgan fingerprint density at radius 1 is 1.06 bits per heavy atom. The predicted molar refractivity (Wildman–Crippen MR) is 116 cm³/mol. The third-order valence-electron chi connectivity index (χ3n) is 5.38. The van der Waals surface area contributed by atoms with E-state index in [2.05, 4.69) is 9.80 Å². The molecular formula is C22H23N3O6. The smallest absolute Gasteiger partial charge is 0.339 e. The normalized spacial score (nSPS) is 14.6. The molecule has 1 aliphatic rings. The van der Waals surface area contributed by atoms with Crippen molar-refractivity contribution >= 4 is 22.3 Å². The summed E-state index contributed by atoms with van der Waals surface area (Å²) in [6.45, 7) is 5.01. The number of anilines is 1. The van der Waals surface area contributed by atoms with Gasteiger partial charge in [-0.3, -0.25) is 15.0 Å². The highest BCUT2D eigenvalue weighted by Gasteiger charge is 2.17. The Hall–Kier alpha value is -3.59. The van der Waals surface area contributed by atoms with E-state index in [0.29, 0.717) is 23.3 Å². The third-order valence-corrected chi connectivity index (χ3v) is 5.38. The summed E-state index contributed by atoms with van der Waals surface area (Å²) in [6, 6.07) is 12.7. The van der Waals surface area contributed by atoms with Gasteiger partial charge in [-0.2, -0.15) is 0 Å². The van der Waals surface area contributed by atoms with Crippen LogP contribution in [0.1, 0.15) is 6.42 Å². The van der Waals surface area contributed by atoms with E-state index < -0.39 is 5.63 Å². The van der Waals surface area contributed by atoms with Gasteiger partial charge in [-0.1, -0.05) is 0 Å². The zero-order valence-electron chi connectivity index (χ0n) is 16.9. The van der Waals surface area contributed by atoms with Gasteiger partial charge in [0.15, 0.2) is 0 Å². The highest BCUT2D eigenvalue weighted by atomic mass is 16.6. The molecule has 4 rings (SSSR count). The van der Waals surface area contributed by atoms with Crippen LogP contribution in [0.2, 0.25) is 0 Å². The summed E-state index contributed by atoms with van der Waals surface area (Å²) < 4.78 is 10.8. The molecule has 3 aromatic rings. The Labute approximate surface area is 178 Å². The molecule has 0 saturated carbocycles. The van der Waals surface area contributed by atoms with Gasteiger partial charge in [0.2, 0.25) is 0 Å². The van der Waals surface area contributed by atoms with Crippen molar-refractivity contribution in [1.82, 2.24) is 4.90 Å². The van der Waals surface area contributed by atoms with Gasteiger partial charge in [0, 0.05) is 50.5 Å². The molecule has 1 N–H and O–H groups in total. The minimum atomic E-state index is -0.590. The Morgan fingerprint density at radius 2 is 1.81 bits per heavy atom. The van der Waals surface area contributed by atoms with Crippen LogP contribution in [0.25, 0.3) is 11.0 Å². The number of piperazine rings is 1. The fraction of sp³-hybridized carbons (Fsp3) is 0.318. The van der Waals surface area contributed by atoms with Crippen molar-refractivity contribution in [1.29, 1.82) is 0 Å². The number of nitro groups is 1. The number of fused-ring (bicyclic) bond motifs is 1. The Balaban J connectivity index is 1.22. The number of non-ortho nitro benzene ring substituents is 1. The van der Waals surface area contributed by atoms with Crippen molar-refractivity contribution < 1.29 is 19.2 Å². The van der Waals surface area contributed by atoms with Crippen LogP contribution in [0.3, 0.4) is 0 Å². The van der Waals surface area contributed by atoms with Crippen molar-refractivity contribution in [3.63, 3.8) is 0 Å². The first kappa shape index (κ1) is 20.7. The van der Waals surface area contributed by atoms with E-state index in [1.165, 1.54) is 0 Å². The molecule has 0 spiro atoms. The minimum Gasteiger partial charge on any atom is -0.507 e. The number of aromatic hydroxyl groups is 1. The second-order valence-corrected chi connectivity index (χ2v) is 7.41. The molecule has 9 nitrogen and oxygen atoms in total. The first-order valence-corrected chi connectivity index (χ1v) is 10.1. The highest BCUT2D eigenvalue weighted by molar-refractivity contribution is 5.84. The maximum Gasteiger partial charge on any atom is 0.339 e. The number of rotatable bonds is 7. The van der Waals surface area contributed by atoms with E-state index in [9.17, 15) is 20.0 Å². The molecule has 31 heavy (non-hydrogen) atoms. The largest absolute Gasteiger partial charge is 0.507 e. The molecule has 0 atom stereocenters. The van der Waals surface area contributed by atoms with Crippen molar-refractivity contribution in [3.8, 4) is 11.5 Å². The van der Waals surface area contributed by atoms with E-state index in [0.717, 1.165) is 50.9 Å². The van der Waals surface area contributed by atoms with E-state index in [4.69, 9.17) is 9.15 Å².